The van der Waals surface area contributed by atoms with Gasteiger partial charge in [0.2, 0.25) is 0 Å². The van der Waals surface area contributed by atoms with Crippen LogP contribution in [0.1, 0.15) is 80.1 Å². The molecule has 2 aromatic heterocycles. The standard InChI is InChI=1S/2C18H30N2OSSi/c2*1-7-9-14-12-15(21-23(5,6)18(2,3)4)13-16(14)22-17-19-10-8-11-20-17/h2*7-8,10-11,14-16H,1,9,12-13H2,2-6H3/t2*14-,15-,16-/m10/s1. The van der Waals surface area contributed by atoms with Crippen molar-refractivity contribution in [3.8, 4) is 0 Å². The van der Waals surface area contributed by atoms with Crippen LogP contribution in [0.5, 0.6) is 0 Å². The van der Waals surface area contributed by atoms with Gasteiger partial charge in [-0.25, -0.2) is 19.9 Å². The summed E-state index contributed by atoms with van der Waals surface area (Å²) in [6.07, 6.45) is 18.6. The van der Waals surface area contributed by atoms with Gasteiger partial charge in [0.05, 0.1) is 0 Å². The molecular weight excluding hydrogens is 641 g/mol. The first-order valence-corrected chi connectivity index (χ1v) is 24.5. The van der Waals surface area contributed by atoms with Gasteiger partial charge in [-0.3, -0.25) is 0 Å². The lowest BCUT2D eigenvalue weighted by Gasteiger charge is -2.38. The van der Waals surface area contributed by atoms with Gasteiger partial charge in [-0.2, -0.15) is 0 Å². The van der Waals surface area contributed by atoms with Crippen molar-refractivity contribution >= 4 is 40.2 Å². The third-order valence-electron chi connectivity index (χ3n) is 10.2. The summed E-state index contributed by atoms with van der Waals surface area (Å²) >= 11 is 3.60. The Labute approximate surface area is 291 Å². The molecule has 2 aromatic rings. The van der Waals surface area contributed by atoms with E-state index in [4.69, 9.17) is 8.85 Å². The summed E-state index contributed by atoms with van der Waals surface area (Å²) in [7, 11) is -3.42. The molecule has 0 unspecified atom stereocenters. The first kappa shape index (κ1) is 39.1. The van der Waals surface area contributed by atoms with E-state index in [2.05, 4.69) is 101 Å². The summed E-state index contributed by atoms with van der Waals surface area (Å²) in [5.41, 5.74) is 0. The van der Waals surface area contributed by atoms with Gasteiger partial charge in [0.25, 0.3) is 0 Å². The van der Waals surface area contributed by atoms with E-state index >= 15 is 0 Å². The van der Waals surface area contributed by atoms with E-state index in [1.807, 2.05) is 49.1 Å². The molecule has 10 heteroatoms. The molecule has 0 aliphatic heterocycles. The van der Waals surface area contributed by atoms with Crippen LogP contribution in [-0.2, 0) is 8.85 Å². The highest BCUT2D eigenvalue weighted by Crippen LogP contribution is 2.46. The normalized spacial score (nSPS) is 25.5. The number of rotatable bonds is 12. The first-order chi connectivity index (χ1) is 21.5. The highest BCUT2D eigenvalue weighted by molar-refractivity contribution is 8.00. The van der Waals surface area contributed by atoms with E-state index < -0.39 is 16.6 Å². The van der Waals surface area contributed by atoms with Crippen molar-refractivity contribution < 1.29 is 8.85 Å². The van der Waals surface area contributed by atoms with E-state index in [9.17, 15) is 0 Å². The summed E-state index contributed by atoms with van der Waals surface area (Å²) in [6.45, 7) is 31.1. The minimum atomic E-state index is -1.71. The molecule has 2 saturated carbocycles. The second-order valence-electron chi connectivity index (χ2n) is 15.9. The second kappa shape index (κ2) is 16.9. The van der Waals surface area contributed by atoms with Crippen LogP contribution < -0.4 is 0 Å². The van der Waals surface area contributed by atoms with Crippen molar-refractivity contribution in [2.75, 3.05) is 0 Å². The van der Waals surface area contributed by atoms with Gasteiger partial charge in [-0.1, -0.05) is 77.2 Å². The topological polar surface area (TPSA) is 70.0 Å². The number of nitrogens with zero attached hydrogens (tertiary/aromatic N) is 4. The van der Waals surface area contributed by atoms with Gasteiger partial charge in [0.15, 0.2) is 26.9 Å². The van der Waals surface area contributed by atoms with E-state index in [-0.39, 0.29) is 10.1 Å². The van der Waals surface area contributed by atoms with Crippen molar-refractivity contribution in [3.05, 3.63) is 62.2 Å². The fourth-order valence-electron chi connectivity index (χ4n) is 5.63. The fraction of sp³-hybridized carbons (Fsp3) is 0.667. The Balaban J connectivity index is 0.000000250. The predicted octanol–water partition coefficient (Wildman–Crippen LogP) is 10.6. The molecule has 0 radical (unpaired) electrons. The van der Waals surface area contributed by atoms with Crippen LogP contribution >= 0.6 is 23.5 Å². The molecule has 2 aliphatic carbocycles. The molecule has 2 heterocycles. The smallest absolute Gasteiger partial charge is 0.192 e. The minimum absolute atomic E-state index is 0.259. The van der Waals surface area contributed by atoms with E-state index in [0.29, 0.717) is 34.5 Å². The molecule has 0 saturated heterocycles. The average molecular weight is 701 g/mol. The third-order valence-corrected chi connectivity index (χ3v) is 21.9. The zero-order chi connectivity index (χ0) is 34.2. The van der Waals surface area contributed by atoms with Crippen LogP contribution in [0.4, 0.5) is 0 Å². The minimum Gasteiger partial charge on any atom is -0.414 e. The van der Waals surface area contributed by atoms with Gasteiger partial charge in [0.1, 0.15) is 0 Å². The molecule has 6 nitrogen and oxygen atoms in total. The number of allylic oxidation sites excluding steroid dienone is 2. The Morgan fingerprint density at radius 1 is 0.652 bits per heavy atom. The number of thioether (sulfide) groups is 2. The highest BCUT2D eigenvalue weighted by atomic mass is 32.2. The third kappa shape index (κ3) is 11.4. The van der Waals surface area contributed by atoms with Gasteiger partial charge in [0, 0.05) is 47.5 Å². The van der Waals surface area contributed by atoms with Crippen LogP contribution in [0.2, 0.25) is 36.3 Å². The SMILES string of the molecule is C=CC[C@@H]1C[C@@H](O[Si](C)(C)C(C)(C)C)C[C@H]1Sc1ncccn1.C=CC[C@H]1C[C@H](O[Si](C)(C)C(C)(C)C)C[C@@H]1Sc1ncccn1. The predicted molar refractivity (Wildman–Crippen MR) is 203 cm³/mol. The molecule has 6 atom stereocenters. The lowest BCUT2D eigenvalue weighted by atomic mass is 10.0. The van der Waals surface area contributed by atoms with Crippen LogP contribution in [0.25, 0.3) is 0 Å². The van der Waals surface area contributed by atoms with Gasteiger partial charge < -0.3 is 8.85 Å². The number of hydrogen-bond acceptors (Lipinski definition) is 8. The highest BCUT2D eigenvalue weighted by Gasteiger charge is 2.44. The molecule has 0 N–H and O–H groups in total. The Bertz CT molecular complexity index is 1130. The average Bonchev–Trinajstić information content (AvgIpc) is 3.50. The largest absolute Gasteiger partial charge is 0.414 e. The molecule has 46 heavy (non-hydrogen) atoms. The summed E-state index contributed by atoms with van der Waals surface area (Å²) in [6, 6.07) is 3.73. The van der Waals surface area contributed by atoms with Gasteiger partial charge >= 0.3 is 0 Å². The molecule has 0 amide bonds. The molecule has 2 aliphatic rings. The Hall–Kier alpha value is -1.31. The maximum absolute atomic E-state index is 6.66. The zero-order valence-corrected chi connectivity index (χ0v) is 33.8. The Morgan fingerprint density at radius 3 is 1.26 bits per heavy atom. The number of hydrogen-bond donors (Lipinski definition) is 0. The van der Waals surface area contributed by atoms with Gasteiger partial charge in [-0.15, -0.1) is 13.2 Å². The van der Waals surface area contributed by atoms with E-state index in [1.165, 1.54) is 0 Å². The maximum atomic E-state index is 6.66. The molecule has 0 bridgehead atoms. The zero-order valence-electron chi connectivity index (χ0n) is 30.2. The molecule has 2 fully saturated rings. The summed E-state index contributed by atoms with van der Waals surface area (Å²) in [5, 5.41) is 3.30. The lowest BCUT2D eigenvalue weighted by molar-refractivity contribution is 0.183. The van der Waals surface area contributed by atoms with E-state index in [1.54, 1.807) is 23.5 Å². The number of aromatic nitrogens is 4. The summed E-state index contributed by atoms with van der Waals surface area (Å²) < 4.78 is 13.3. The molecule has 256 valence electrons. The molecule has 0 aromatic carbocycles. The molecule has 4 rings (SSSR count). The van der Waals surface area contributed by atoms with Crippen LogP contribution in [0, 0.1) is 11.8 Å². The summed E-state index contributed by atoms with van der Waals surface area (Å²) in [4.78, 5) is 17.5. The summed E-state index contributed by atoms with van der Waals surface area (Å²) in [5.74, 6) is 1.21. The fourth-order valence-corrected chi connectivity index (χ4v) is 10.9. The monoisotopic (exact) mass is 700 g/mol. The quantitative estimate of drug-likeness (QED) is 0.123. The van der Waals surface area contributed by atoms with Crippen LogP contribution in [-0.4, -0.2) is 59.3 Å². The van der Waals surface area contributed by atoms with Crippen molar-refractivity contribution in [2.45, 2.75) is 149 Å². The van der Waals surface area contributed by atoms with Crippen molar-refractivity contribution in [2.24, 2.45) is 11.8 Å². The lowest BCUT2D eigenvalue weighted by Crippen LogP contribution is -2.43. The van der Waals surface area contributed by atoms with Crippen molar-refractivity contribution in [1.82, 2.24) is 19.9 Å². The van der Waals surface area contributed by atoms with E-state index in [0.717, 1.165) is 48.8 Å². The first-order valence-electron chi connectivity index (χ1n) is 16.9. The second-order valence-corrected chi connectivity index (χ2v) is 27.8. The maximum Gasteiger partial charge on any atom is 0.192 e. The van der Waals surface area contributed by atoms with Crippen molar-refractivity contribution in [1.29, 1.82) is 0 Å². The molecule has 0 spiro atoms. The molecular formula is C36H60N4O2S2Si2. The van der Waals surface area contributed by atoms with Crippen LogP contribution in [0.15, 0.2) is 72.5 Å². The van der Waals surface area contributed by atoms with Crippen LogP contribution in [0.3, 0.4) is 0 Å². The Kier molecular flexibility index (Phi) is 14.4. The Morgan fingerprint density at radius 2 is 0.978 bits per heavy atom. The van der Waals surface area contributed by atoms with Gasteiger partial charge in [-0.05, 0) is 98.8 Å². The van der Waals surface area contributed by atoms with Crippen molar-refractivity contribution in [3.63, 3.8) is 0 Å².